The minimum Gasteiger partial charge on any atom is -0.481 e. The van der Waals surface area contributed by atoms with Gasteiger partial charge in [-0.1, -0.05) is 0 Å². The van der Waals surface area contributed by atoms with E-state index in [4.69, 9.17) is 26.1 Å². The van der Waals surface area contributed by atoms with Gasteiger partial charge < -0.3 is 19.9 Å². The standard InChI is InChI=1S/C31H45ClN4O5S/c1-17-9-22(28-27(33-17)24(12-42-28)30(38)39)21-10-19(32)3-6-26(21)41-8-7-36-18(2)34-25-5-4-20(11-23(25)29(36)37)35-13-31(14-35)15-40-16-31/h17,19-22,24,26-28,33H,3-16H2,1-2H3,(H,38,39). The number of likely N-dealkylation sites (tertiary alicyclic amines) is 1. The van der Waals surface area contributed by atoms with E-state index >= 15 is 0 Å². The third-order valence-electron chi connectivity index (χ3n) is 11.2. The molecule has 11 heteroatoms. The first kappa shape index (κ1) is 29.5. The van der Waals surface area contributed by atoms with Gasteiger partial charge in [-0.25, -0.2) is 4.98 Å². The van der Waals surface area contributed by atoms with Gasteiger partial charge in [-0.2, -0.15) is 11.8 Å². The first-order valence-corrected chi connectivity index (χ1v) is 17.5. The summed E-state index contributed by atoms with van der Waals surface area (Å²) in [6, 6.07) is 0.680. The van der Waals surface area contributed by atoms with Gasteiger partial charge in [0.2, 0.25) is 0 Å². The number of thioether (sulfide) groups is 1. The summed E-state index contributed by atoms with van der Waals surface area (Å²) in [6.45, 7) is 9.02. The molecule has 4 saturated heterocycles. The zero-order valence-electron chi connectivity index (χ0n) is 24.8. The van der Waals surface area contributed by atoms with Crippen LogP contribution in [0.3, 0.4) is 0 Å². The second-order valence-corrected chi connectivity index (χ2v) is 15.9. The minimum absolute atomic E-state index is 0.00641. The van der Waals surface area contributed by atoms with Crippen LogP contribution in [0.4, 0.5) is 0 Å². The number of nitrogens with zero attached hydrogens (tertiary/aromatic N) is 3. The molecule has 5 fully saturated rings. The normalized spacial score (nSPS) is 39.3. The molecular weight excluding hydrogens is 576 g/mol. The average Bonchev–Trinajstić information content (AvgIpc) is 3.33. The van der Waals surface area contributed by atoms with Crippen molar-refractivity contribution in [3.8, 4) is 0 Å². The van der Waals surface area contributed by atoms with Crippen molar-refractivity contribution < 1.29 is 19.4 Å². The van der Waals surface area contributed by atoms with E-state index in [0.29, 0.717) is 42.2 Å². The number of hydrogen-bond donors (Lipinski definition) is 2. The maximum Gasteiger partial charge on any atom is 0.308 e. The quantitative estimate of drug-likeness (QED) is 0.445. The number of fused-ring (bicyclic) bond motifs is 2. The Labute approximate surface area is 257 Å². The fraction of sp³-hybridized carbons (Fsp3) is 0.839. The Kier molecular flexibility index (Phi) is 8.19. The molecule has 1 aromatic rings. The lowest BCUT2D eigenvalue weighted by molar-refractivity contribution is -0.199. The molecular formula is C31H45ClN4O5S. The summed E-state index contributed by atoms with van der Waals surface area (Å²) < 4.78 is 13.9. The van der Waals surface area contributed by atoms with Crippen LogP contribution in [-0.4, -0.2) is 99.0 Å². The number of carboxylic acid groups (broad SMARTS) is 1. The van der Waals surface area contributed by atoms with Gasteiger partial charge in [0.05, 0.1) is 44.1 Å². The van der Waals surface area contributed by atoms with Gasteiger partial charge in [0.15, 0.2) is 0 Å². The van der Waals surface area contributed by atoms with Gasteiger partial charge in [0.1, 0.15) is 5.82 Å². The number of rotatable bonds is 7. The maximum atomic E-state index is 13.7. The fourth-order valence-corrected chi connectivity index (χ4v) is 11.1. The van der Waals surface area contributed by atoms with Gasteiger partial charge in [0, 0.05) is 58.6 Å². The molecule has 5 heterocycles. The third-order valence-corrected chi connectivity index (χ3v) is 13.1. The number of aromatic nitrogens is 2. The van der Waals surface area contributed by atoms with E-state index < -0.39 is 5.97 Å². The molecule has 0 radical (unpaired) electrons. The van der Waals surface area contributed by atoms with Crippen molar-refractivity contribution in [2.24, 2.45) is 23.2 Å². The van der Waals surface area contributed by atoms with Crippen molar-refractivity contribution in [2.45, 2.75) is 100 Å². The van der Waals surface area contributed by atoms with Crippen molar-refractivity contribution in [1.82, 2.24) is 19.8 Å². The first-order chi connectivity index (χ1) is 20.2. The van der Waals surface area contributed by atoms with E-state index in [2.05, 4.69) is 17.1 Å². The van der Waals surface area contributed by atoms with E-state index in [9.17, 15) is 14.7 Å². The molecule has 2 N–H and O–H groups in total. The van der Waals surface area contributed by atoms with Crippen LogP contribution in [0.5, 0.6) is 0 Å². The molecule has 9 atom stereocenters. The SMILES string of the molecule is Cc1nc2c(c(=O)n1CCOC1CCC(Cl)CC1C1CC(C)NC3C(C(=O)O)CSC13)CC(N1CC3(COC3)C1)CC2. The van der Waals surface area contributed by atoms with Crippen LogP contribution in [0.25, 0.3) is 0 Å². The van der Waals surface area contributed by atoms with Crippen molar-refractivity contribution in [1.29, 1.82) is 0 Å². The van der Waals surface area contributed by atoms with Crippen LogP contribution in [0, 0.1) is 30.1 Å². The monoisotopic (exact) mass is 620 g/mol. The number of ether oxygens (including phenoxy) is 2. The Morgan fingerprint density at radius 3 is 2.79 bits per heavy atom. The molecule has 2 aliphatic carbocycles. The van der Waals surface area contributed by atoms with E-state index in [1.54, 1.807) is 0 Å². The van der Waals surface area contributed by atoms with Crippen molar-refractivity contribution in [3.05, 3.63) is 27.4 Å². The molecule has 4 aliphatic heterocycles. The Hall–Kier alpha value is -1.17. The number of hydrogen-bond acceptors (Lipinski definition) is 8. The number of halogens is 1. The van der Waals surface area contributed by atoms with Gasteiger partial charge in [-0.05, 0) is 70.6 Å². The molecule has 42 heavy (non-hydrogen) atoms. The van der Waals surface area contributed by atoms with Crippen LogP contribution in [0.2, 0.25) is 0 Å². The van der Waals surface area contributed by atoms with Gasteiger partial charge >= 0.3 is 5.97 Å². The second kappa shape index (κ2) is 11.6. The maximum absolute atomic E-state index is 13.7. The summed E-state index contributed by atoms with van der Waals surface area (Å²) in [6.07, 6.45) is 6.52. The molecule has 0 bridgehead atoms. The Balaban J connectivity index is 1.02. The van der Waals surface area contributed by atoms with E-state index in [0.717, 1.165) is 88.3 Å². The number of alkyl halides is 1. The van der Waals surface area contributed by atoms with Crippen molar-refractivity contribution in [3.63, 3.8) is 0 Å². The number of aliphatic carboxylic acids is 1. The van der Waals surface area contributed by atoms with Crippen LogP contribution in [0.1, 0.15) is 56.1 Å². The predicted molar refractivity (Wildman–Crippen MR) is 162 cm³/mol. The largest absolute Gasteiger partial charge is 0.481 e. The number of carboxylic acids is 1. The average molecular weight is 621 g/mol. The summed E-state index contributed by atoms with van der Waals surface area (Å²) in [5.41, 5.74) is 2.36. The van der Waals surface area contributed by atoms with Crippen LogP contribution < -0.4 is 10.9 Å². The summed E-state index contributed by atoms with van der Waals surface area (Å²) in [4.78, 5) is 33.1. The van der Waals surface area contributed by atoms with Crippen LogP contribution in [-0.2, 0) is 33.7 Å². The molecule has 1 aromatic heterocycles. The molecule has 9 nitrogen and oxygen atoms in total. The zero-order chi connectivity index (χ0) is 29.2. The number of aryl methyl sites for hydroxylation is 2. The van der Waals surface area contributed by atoms with Crippen LogP contribution in [0.15, 0.2) is 4.79 Å². The highest BCUT2D eigenvalue weighted by Gasteiger charge is 2.52. The summed E-state index contributed by atoms with van der Waals surface area (Å²) in [5, 5.41) is 13.8. The lowest BCUT2D eigenvalue weighted by atomic mass is 9.70. The summed E-state index contributed by atoms with van der Waals surface area (Å²) in [5.74, 6) is 1.04. The Bertz CT molecular complexity index is 1250. The lowest BCUT2D eigenvalue weighted by Crippen LogP contribution is -2.68. The van der Waals surface area contributed by atoms with Crippen molar-refractivity contribution >= 4 is 29.3 Å². The molecule has 6 aliphatic rings. The zero-order valence-corrected chi connectivity index (χ0v) is 26.4. The molecule has 0 aromatic carbocycles. The molecule has 0 amide bonds. The molecule has 1 spiro atoms. The molecule has 7 rings (SSSR count). The summed E-state index contributed by atoms with van der Waals surface area (Å²) in [7, 11) is 0. The number of nitrogens with one attached hydrogen (secondary N) is 1. The van der Waals surface area contributed by atoms with E-state index in [1.807, 2.05) is 23.3 Å². The highest BCUT2D eigenvalue weighted by atomic mass is 35.5. The van der Waals surface area contributed by atoms with Gasteiger partial charge in [-0.15, -0.1) is 11.6 Å². The van der Waals surface area contributed by atoms with Crippen LogP contribution >= 0.6 is 23.4 Å². The fourth-order valence-electron chi connectivity index (χ4n) is 8.94. The topological polar surface area (TPSA) is 106 Å². The van der Waals surface area contributed by atoms with Gasteiger partial charge in [0.25, 0.3) is 5.56 Å². The smallest absolute Gasteiger partial charge is 0.308 e. The number of carbonyl (C=O) groups is 1. The predicted octanol–water partition coefficient (Wildman–Crippen LogP) is 2.72. The minimum atomic E-state index is -0.699. The van der Waals surface area contributed by atoms with Crippen molar-refractivity contribution in [2.75, 3.05) is 38.7 Å². The third kappa shape index (κ3) is 5.36. The Morgan fingerprint density at radius 2 is 2.05 bits per heavy atom. The molecule has 232 valence electrons. The van der Waals surface area contributed by atoms with E-state index in [1.165, 1.54) is 0 Å². The highest BCUT2D eigenvalue weighted by molar-refractivity contribution is 8.00. The second-order valence-electron chi connectivity index (χ2n) is 14.1. The van der Waals surface area contributed by atoms with E-state index in [-0.39, 0.29) is 40.3 Å². The number of piperidine rings is 1. The summed E-state index contributed by atoms with van der Waals surface area (Å²) >= 11 is 8.55. The Morgan fingerprint density at radius 1 is 1.24 bits per heavy atom. The molecule has 9 unspecified atom stereocenters. The van der Waals surface area contributed by atoms with Gasteiger partial charge in [-0.3, -0.25) is 19.1 Å². The molecule has 1 saturated carbocycles. The first-order valence-electron chi connectivity index (χ1n) is 16.0. The lowest BCUT2D eigenvalue weighted by Gasteiger charge is -2.58. The highest BCUT2D eigenvalue weighted by Crippen LogP contribution is 2.48.